The summed E-state index contributed by atoms with van der Waals surface area (Å²) in [4.78, 5) is 49.5. The quantitative estimate of drug-likeness (QED) is 0.152. The topological polar surface area (TPSA) is 82.1 Å². The Labute approximate surface area is 194 Å². The van der Waals surface area contributed by atoms with Crippen LogP contribution in [0.15, 0.2) is 72.5 Å². The van der Waals surface area contributed by atoms with E-state index in [1.165, 1.54) is 16.7 Å². The molecular weight excluding hydrogens is 454 g/mol. The van der Waals surface area contributed by atoms with Gasteiger partial charge in [-0.25, -0.2) is 4.79 Å². The van der Waals surface area contributed by atoms with Gasteiger partial charge < -0.3 is 9.62 Å². The van der Waals surface area contributed by atoms with Gasteiger partial charge in [-0.3, -0.25) is 14.5 Å². The number of esters is 1. The molecule has 0 N–H and O–H groups in total. The van der Waals surface area contributed by atoms with E-state index >= 15 is 0 Å². The molecule has 7 nitrogen and oxygen atoms in total. The van der Waals surface area contributed by atoms with Crippen molar-refractivity contribution < 1.29 is 28.9 Å². The molecule has 0 aliphatic carbocycles. The minimum Gasteiger partial charge on any atom is -0.451 e. The number of ketones is 1. The largest absolute Gasteiger partial charge is 0.451 e. The molecule has 2 aromatic carbocycles. The Morgan fingerprint density at radius 3 is 2.22 bits per heavy atom. The molecular formula is C23H20ClNO6S. The number of halogens is 1. The van der Waals surface area contributed by atoms with Gasteiger partial charge in [0.05, 0.1) is 0 Å². The highest BCUT2D eigenvalue weighted by Crippen LogP contribution is 2.43. The summed E-state index contributed by atoms with van der Waals surface area (Å²) >= 11 is 6.85. The predicted octanol–water partition coefficient (Wildman–Crippen LogP) is 3.59. The summed E-state index contributed by atoms with van der Waals surface area (Å²) in [6.07, 6.45) is -0.724. The van der Waals surface area contributed by atoms with Crippen molar-refractivity contribution in [2.75, 3.05) is 5.75 Å². The van der Waals surface area contributed by atoms with Gasteiger partial charge in [-0.2, -0.15) is 4.89 Å². The number of hydrogen-bond donors (Lipinski definition) is 0. The van der Waals surface area contributed by atoms with Crippen molar-refractivity contribution in [3.63, 3.8) is 0 Å². The Kier molecular flexibility index (Phi) is 6.28. The summed E-state index contributed by atoms with van der Waals surface area (Å²) in [7, 11) is 0. The summed E-state index contributed by atoms with van der Waals surface area (Å²) in [5.41, 5.74) is 0.185. The Hall–Kier alpha value is -2.81. The van der Waals surface area contributed by atoms with Crippen molar-refractivity contribution in [3.8, 4) is 0 Å². The molecule has 2 aromatic rings. The number of fused-ring (bicyclic) bond motifs is 1. The van der Waals surface area contributed by atoms with Gasteiger partial charge in [0.25, 0.3) is 11.7 Å². The fourth-order valence-corrected chi connectivity index (χ4v) is 5.12. The number of carbonyl (C=O) groups excluding carboxylic acids is 3. The first-order valence-corrected chi connectivity index (χ1v) is 11.2. The van der Waals surface area contributed by atoms with Crippen LogP contribution in [0.25, 0.3) is 0 Å². The van der Waals surface area contributed by atoms with Gasteiger partial charge in [0.2, 0.25) is 5.22 Å². The van der Waals surface area contributed by atoms with Crippen LogP contribution < -0.4 is 0 Å². The van der Waals surface area contributed by atoms with Crippen molar-refractivity contribution in [2.24, 2.45) is 0 Å². The monoisotopic (exact) mass is 473 g/mol. The molecule has 2 saturated heterocycles. The Bertz CT molecular complexity index is 1010. The first-order chi connectivity index (χ1) is 15.3. The maximum Gasteiger partial charge on any atom is 0.333 e. The van der Waals surface area contributed by atoms with Crippen molar-refractivity contribution in [2.45, 2.75) is 30.0 Å². The maximum absolute atomic E-state index is 13.5. The molecule has 2 aliphatic rings. The van der Waals surface area contributed by atoms with Gasteiger partial charge >= 0.3 is 5.97 Å². The van der Waals surface area contributed by atoms with E-state index in [0.29, 0.717) is 0 Å². The fraction of sp³-hybridized carbons (Fsp3) is 0.261. The zero-order valence-electron chi connectivity index (χ0n) is 17.1. The number of carbonyl (C=O) groups is 3. The predicted molar refractivity (Wildman–Crippen MR) is 118 cm³/mol. The van der Waals surface area contributed by atoms with E-state index in [2.05, 4.69) is 6.58 Å². The van der Waals surface area contributed by atoms with E-state index in [-0.39, 0.29) is 11.0 Å². The molecule has 1 amide bonds. The highest BCUT2D eigenvalue weighted by atomic mass is 35.5. The third-order valence-corrected chi connectivity index (χ3v) is 6.85. The van der Waals surface area contributed by atoms with Gasteiger partial charge in [-0.05, 0) is 36.2 Å². The van der Waals surface area contributed by atoms with Crippen molar-refractivity contribution in [1.82, 2.24) is 4.90 Å². The van der Waals surface area contributed by atoms with Crippen LogP contribution in [0.1, 0.15) is 24.2 Å². The first kappa shape index (κ1) is 22.4. The molecule has 0 radical (unpaired) electrons. The summed E-state index contributed by atoms with van der Waals surface area (Å²) in [6.45, 7) is 5.00. The normalized spacial score (nSPS) is 24.5. The number of rotatable bonds is 7. The third-order valence-electron chi connectivity index (χ3n) is 5.29. The standard InChI is InChI=1S/C23H20ClNO6S/c1-14(24)30-31-23(2)13-32-21-17(26)20(27)25(21)19(23)22(28)29-18(15-9-5-3-6-10-15)16-11-7-4-8-12-16/h3-12,18-19,21H,1,13H2,2H3/t19-,21?,23?/m0/s1. The second kappa shape index (κ2) is 8.97. The minimum atomic E-state index is -1.33. The highest BCUT2D eigenvalue weighted by Gasteiger charge is 2.63. The molecule has 0 aromatic heterocycles. The average Bonchev–Trinajstić information content (AvgIpc) is 2.81. The lowest BCUT2D eigenvalue weighted by Crippen LogP contribution is -2.74. The van der Waals surface area contributed by atoms with Crippen molar-refractivity contribution in [3.05, 3.63) is 83.6 Å². The summed E-state index contributed by atoms with van der Waals surface area (Å²) in [6, 6.07) is 17.3. The first-order valence-electron chi connectivity index (χ1n) is 9.80. The molecule has 32 heavy (non-hydrogen) atoms. The molecule has 9 heteroatoms. The van der Waals surface area contributed by atoms with Crippen molar-refractivity contribution >= 4 is 41.0 Å². The zero-order chi connectivity index (χ0) is 22.9. The van der Waals surface area contributed by atoms with E-state index in [4.69, 9.17) is 26.1 Å². The Morgan fingerprint density at radius 2 is 1.69 bits per heavy atom. The van der Waals surface area contributed by atoms with Gasteiger partial charge in [0.1, 0.15) is 5.37 Å². The van der Waals surface area contributed by atoms with Gasteiger partial charge in [0, 0.05) is 5.75 Å². The van der Waals surface area contributed by atoms with E-state index < -0.39 is 40.8 Å². The van der Waals surface area contributed by atoms with Crippen LogP contribution >= 0.6 is 23.4 Å². The van der Waals surface area contributed by atoms with Gasteiger partial charge in [-0.1, -0.05) is 60.7 Å². The van der Waals surface area contributed by atoms with Crippen molar-refractivity contribution in [1.29, 1.82) is 0 Å². The Balaban J connectivity index is 1.67. The maximum atomic E-state index is 13.5. The zero-order valence-corrected chi connectivity index (χ0v) is 18.7. The number of benzene rings is 2. The van der Waals surface area contributed by atoms with Gasteiger partial charge in [-0.15, -0.1) is 11.8 Å². The molecule has 3 atom stereocenters. The second-order valence-corrected chi connectivity index (χ2v) is 9.11. The fourth-order valence-electron chi connectivity index (χ4n) is 3.76. The Morgan fingerprint density at radius 1 is 1.12 bits per heavy atom. The molecule has 0 spiro atoms. The van der Waals surface area contributed by atoms with E-state index in [1.807, 2.05) is 60.7 Å². The van der Waals surface area contributed by atoms with Crippen LogP contribution in [-0.2, 0) is 28.9 Å². The molecule has 0 bridgehead atoms. The SMILES string of the molecule is C=C(Cl)OOC1(C)CSC2C(=O)C(=O)N2[C@H]1C(=O)OC(c1ccccc1)c1ccccc1. The number of hydrogen-bond acceptors (Lipinski definition) is 7. The van der Waals surface area contributed by atoms with Crippen LogP contribution in [0, 0.1) is 0 Å². The molecule has 166 valence electrons. The van der Waals surface area contributed by atoms with Gasteiger partial charge in [0.15, 0.2) is 17.7 Å². The highest BCUT2D eigenvalue weighted by molar-refractivity contribution is 8.01. The van der Waals surface area contributed by atoms with E-state index in [1.54, 1.807) is 6.92 Å². The van der Waals surface area contributed by atoms with Crippen LogP contribution in [-0.4, -0.2) is 45.3 Å². The second-order valence-electron chi connectivity index (χ2n) is 7.62. The number of nitrogens with zero attached hydrogens (tertiary/aromatic N) is 1. The van der Waals surface area contributed by atoms with Crippen LogP contribution in [0.3, 0.4) is 0 Å². The lowest BCUT2D eigenvalue weighted by molar-refractivity contribution is -0.331. The molecule has 2 aliphatic heterocycles. The molecule has 0 saturated carbocycles. The number of ether oxygens (including phenoxy) is 1. The minimum absolute atomic E-state index is 0.193. The van der Waals surface area contributed by atoms with Crippen LogP contribution in [0.5, 0.6) is 0 Å². The number of Topliss-reactive ketones (excluding diaryl/α,β-unsaturated/α-hetero) is 1. The molecule has 4 rings (SSSR count). The molecule has 2 heterocycles. The summed E-state index contributed by atoms with van der Waals surface area (Å²) < 4.78 is 5.96. The smallest absolute Gasteiger partial charge is 0.333 e. The number of thioether (sulfide) groups is 1. The molecule has 2 fully saturated rings. The molecule has 2 unspecified atom stereocenters. The lowest BCUT2D eigenvalue weighted by Gasteiger charge is -2.51. The van der Waals surface area contributed by atoms with Crippen LogP contribution in [0.4, 0.5) is 0 Å². The number of β-lactam (4-membered cyclic amide) rings is 1. The average molecular weight is 474 g/mol. The third kappa shape index (κ3) is 4.13. The van der Waals surface area contributed by atoms with Crippen LogP contribution in [0.2, 0.25) is 0 Å². The summed E-state index contributed by atoms with van der Waals surface area (Å²) in [5, 5.41) is -0.995. The van der Waals surface area contributed by atoms with E-state index in [9.17, 15) is 14.4 Å². The summed E-state index contributed by atoms with van der Waals surface area (Å²) in [5.74, 6) is -1.85. The number of amides is 1. The lowest BCUT2D eigenvalue weighted by atomic mass is 9.92. The van der Waals surface area contributed by atoms with E-state index in [0.717, 1.165) is 11.1 Å².